The third-order valence-electron chi connectivity index (χ3n) is 2.18. The van der Waals surface area contributed by atoms with Gasteiger partial charge in [-0.25, -0.2) is 0 Å². The van der Waals surface area contributed by atoms with E-state index >= 15 is 0 Å². The van der Waals surface area contributed by atoms with E-state index in [9.17, 15) is 0 Å². The van der Waals surface area contributed by atoms with E-state index in [4.69, 9.17) is 0 Å². The second-order valence-corrected chi connectivity index (χ2v) is 3.82. The Balaban J connectivity index is 0.00000121. The first kappa shape index (κ1) is 15.4. The molecule has 0 heterocycles. The molecule has 0 amide bonds. The van der Waals surface area contributed by atoms with Crippen LogP contribution in [0.4, 0.5) is 0 Å². The predicted octanol–water partition coefficient (Wildman–Crippen LogP) is 5.53. The van der Waals surface area contributed by atoms with Gasteiger partial charge in [0.1, 0.15) is 0 Å². The van der Waals surface area contributed by atoms with Crippen LogP contribution in [0.25, 0.3) is 0 Å². The zero-order chi connectivity index (χ0) is 13.1. The Labute approximate surface area is 106 Å². The number of allylic oxidation sites excluding steroid dienone is 11. The Bertz CT molecular complexity index is 371. The summed E-state index contributed by atoms with van der Waals surface area (Å²) in [5, 5.41) is 0. The maximum Gasteiger partial charge on any atom is -0.0135 e. The minimum Gasteiger partial charge on any atom is -0.0918 e. The van der Waals surface area contributed by atoms with Crippen LogP contribution in [0.3, 0.4) is 0 Å². The first-order chi connectivity index (χ1) is 8.18. The van der Waals surface area contributed by atoms with Crippen LogP contribution < -0.4 is 0 Å². The fourth-order valence-electron chi connectivity index (χ4n) is 1.26. The van der Waals surface area contributed by atoms with Crippen molar-refractivity contribution in [1.82, 2.24) is 0 Å². The quantitative estimate of drug-likeness (QED) is 0.511. The van der Waals surface area contributed by atoms with Crippen LogP contribution in [0.2, 0.25) is 0 Å². The van der Waals surface area contributed by atoms with Gasteiger partial charge >= 0.3 is 0 Å². The van der Waals surface area contributed by atoms with Crippen molar-refractivity contribution < 1.29 is 0 Å². The molecule has 0 N–H and O–H groups in total. The average Bonchev–Trinajstić information content (AvgIpc) is 2.30. The van der Waals surface area contributed by atoms with Gasteiger partial charge in [0.05, 0.1) is 0 Å². The van der Waals surface area contributed by atoms with Crippen molar-refractivity contribution in [2.75, 3.05) is 0 Å². The van der Waals surface area contributed by atoms with Gasteiger partial charge in [-0.05, 0) is 25.8 Å². The molecule has 0 heteroatoms. The predicted molar refractivity (Wildman–Crippen MR) is 80.0 cm³/mol. The van der Waals surface area contributed by atoms with E-state index in [1.807, 2.05) is 26.0 Å². The van der Waals surface area contributed by atoms with E-state index in [0.717, 1.165) is 12.0 Å². The highest BCUT2D eigenvalue weighted by atomic mass is 13.9. The molecule has 0 radical (unpaired) electrons. The van der Waals surface area contributed by atoms with Gasteiger partial charge in [0.15, 0.2) is 0 Å². The first-order valence-electron chi connectivity index (χ1n) is 6.23. The lowest BCUT2D eigenvalue weighted by atomic mass is 10.1. The van der Waals surface area contributed by atoms with Crippen molar-refractivity contribution in [3.63, 3.8) is 0 Å². The number of hydrogen-bond donors (Lipinski definition) is 0. The van der Waals surface area contributed by atoms with Gasteiger partial charge in [-0.15, -0.1) is 0 Å². The molecule has 1 aliphatic carbocycles. The molecule has 0 aromatic carbocycles. The van der Waals surface area contributed by atoms with E-state index < -0.39 is 0 Å². The molecule has 0 bridgehead atoms. The molecule has 0 spiro atoms. The van der Waals surface area contributed by atoms with Crippen LogP contribution >= 0.6 is 0 Å². The van der Waals surface area contributed by atoms with Gasteiger partial charge in [0, 0.05) is 0 Å². The lowest BCUT2D eigenvalue weighted by Crippen LogP contribution is -1.75. The molecule has 0 saturated carbocycles. The Kier molecular flexibility index (Phi) is 8.77. The van der Waals surface area contributed by atoms with Crippen LogP contribution in [0.5, 0.6) is 0 Å². The largest absolute Gasteiger partial charge is 0.0918 e. The Morgan fingerprint density at radius 2 is 1.59 bits per heavy atom. The number of hydrogen-bond acceptors (Lipinski definition) is 0. The molecule has 0 aromatic rings. The maximum atomic E-state index is 3.95. The zero-order valence-corrected chi connectivity index (χ0v) is 11.5. The van der Waals surface area contributed by atoms with E-state index in [0.29, 0.717) is 0 Å². The highest BCUT2D eigenvalue weighted by molar-refractivity contribution is 5.33. The van der Waals surface area contributed by atoms with Crippen LogP contribution in [0.1, 0.15) is 34.1 Å². The van der Waals surface area contributed by atoms with Gasteiger partial charge in [-0.1, -0.05) is 80.2 Å². The van der Waals surface area contributed by atoms with Gasteiger partial charge < -0.3 is 0 Å². The molecule has 17 heavy (non-hydrogen) atoms. The summed E-state index contributed by atoms with van der Waals surface area (Å²) in [6, 6.07) is 0. The van der Waals surface area contributed by atoms with Gasteiger partial charge in [-0.2, -0.15) is 0 Å². The minimum atomic E-state index is 0.986. The van der Waals surface area contributed by atoms with E-state index in [1.54, 1.807) is 0 Å². The standard InChI is InChI=1S/C15H18.C2H6/c1-13-7-4-9-14(2)11-6-12-15(3)10-5-8-13;1-2/h4-9,11-12H,1,10H2,2-3H3;1-2H3/b7-4-,8-5-,11-6-,14-9+,15-12+;. The minimum absolute atomic E-state index is 0.986. The van der Waals surface area contributed by atoms with Crippen LogP contribution in [-0.4, -0.2) is 0 Å². The van der Waals surface area contributed by atoms with Crippen molar-refractivity contribution in [2.45, 2.75) is 34.1 Å². The molecular formula is C17H24. The number of rotatable bonds is 0. The topological polar surface area (TPSA) is 0 Å². The molecule has 92 valence electrons. The molecule has 0 aromatic heterocycles. The maximum absolute atomic E-state index is 3.95. The Morgan fingerprint density at radius 1 is 0.941 bits per heavy atom. The van der Waals surface area contributed by atoms with Crippen molar-refractivity contribution in [2.24, 2.45) is 0 Å². The summed E-state index contributed by atoms with van der Waals surface area (Å²) in [6.07, 6.45) is 17.7. The molecule has 0 saturated heterocycles. The average molecular weight is 228 g/mol. The summed E-state index contributed by atoms with van der Waals surface area (Å²) in [5.74, 6) is 0. The summed E-state index contributed by atoms with van der Waals surface area (Å²) in [4.78, 5) is 0. The van der Waals surface area contributed by atoms with E-state index in [-0.39, 0.29) is 0 Å². The fraction of sp³-hybridized carbons (Fsp3) is 0.294. The lowest BCUT2D eigenvalue weighted by molar-refractivity contribution is 1.21. The van der Waals surface area contributed by atoms with E-state index in [2.05, 4.69) is 56.9 Å². The molecule has 0 unspecified atom stereocenters. The van der Waals surface area contributed by atoms with Crippen LogP contribution in [0.15, 0.2) is 71.9 Å². The van der Waals surface area contributed by atoms with Crippen molar-refractivity contribution >= 4 is 0 Å². The molecule has 0 aliphatic heterocycles. The highest BCUT2D eigenvalue weighted by Crippen LogP contribution is 2.07. The van der Waals surface area contributed by atoms with Gasteiger partial charge in [-0.3, -0.25) is 0 Å². The molecule has 0 atom stereocenters. The van der Waals surface area contributed by atoms with Crippen molar-refractivity contribution in [3.8, 4) is 0 Å². The van der Waals surface area contributed by atoms with Gasteiger partial charge in [0.2, 0.25) is 0 Å². The van der Waals surface area contributed by atoms with Crippen molar-refractivity contribution in [3.05, 3.63) is 71.9 Å². The van der Waals surface area contributed by atoms with Crippen LogP contribution in [-0.2, 0) is 0 Å². The second kappa shape index (κ2) is 9.65. The smallest absolute Gasteiger partial charge is 0.0135 e. The molecule has 0 nitrogen and oxygen atoms in total. The highest BCUT2D eigenvalue weighted by Gasteiger charge is 1.86. The lowest BCUT2D eigenvalue weighted by Gasteiger charge is -1.95. The molecule has 0 fully saturated rings. The summed E-state index contributed by atoms with van der Waals surface area (Å²) >= 11 is 0. The normalized spacial score (nSPS) is 27.9. The van der Waals surface area contributed by atoms with E-state index in [1.165, 1.54) is 11.1 Å². The molecule has 1 aliphatic rings. The summed E-state index contributed by atoms with van der Waals surface area (Å²) in [6.45, 7) is 12.2. The van der Waals surface area contributed by atoms with Crippen LogP contribution in [0, 0.1) is 0 Å². The zero-order valence-electron chi connectivity index (χ0n) is 11.5. The first-order valence-corrected chi connectivity index (χ1v) is 6.23. The second-order valence-electron chi connectivity index (χ2n) is 3.82. The Hall–Kier alpha value is -1.56. The SMILES string of the molecule is C=C1\C=C/C=C(C)/C=C\C=C(/C)C/C=C\1.CC. The molecule has 1 rings (SSSR count). The third kappa shape index (κ3) is 8.27. The molecular weight excluding hydrogens is 204 g/mol. The Morgan fingerprint density at radius 3 is 2.29 bits per heavy atom. The summed E-state index contributed by atoms with van der Waals surface area (Å²) in [7, 11) is 0. The van der Waals surface area contributed by atoms with Crippen molar-refractivity contribution in [1.29, 1.82) is 0 Å². The summed E-state index contributed by atoms with van der Waals surface area (Å²) in [5.41, 5.74) is 3.64. The fourth-order valence-corrected chi connectivity index (χ4v) is 1.26. The summed E-state index contributed by atoms with van der Waals surface area (Å²) < 4.78 is 0. The third-order valence-corrected chi connectivity index (χ3v) is 2.18. The monoisotopic (exact) mass is 228 g/mol. The van der Waals surface area contributed by atoms with Gasteiger partial charge in [0.25, 0.3) is 0 Å².